The van der Waals surface area contributed by atoms with E-state index in [0.717, 1.165) is 5.54 Å². The van der Waals surface area contributed by atoms with E-state index in [0.29, 0.717) is 6.26 Å². The van der Waals surface area contributed by atoms with Gasteiger partial charge in [-0.05, 0) is 0 Å². The molecule has 1 radical (unpaired) electrons. The second-order valence-corrected chi connectivity index (χ2v) is 0.514. The van der Waals surface area contributed by atoms with Crippen LogP contribution < -0.4 is 0 Å². The van der Waals surface area contributed by atoms with E-state index in [9.17, 15) is 0 Å². The molecule has 0 aliphatic rings. The normalized spacial score (nSPS) is 9.25. The van der Waals surface area contributed by atoms with E-state index >= 15 is 0 Å². The Kier molecular flexibility index (Phi) is 2.71. The summed E-state index contributed by atoms with van der Waals surface area (Å²) in [5.74, 6) is 0. The average molecular weight is 77.5 g/mol. The van der Waals surface area contributed by atoms with Gasteiger partial charge in [0.15, 0.2) is 6.26 Å². The molecule has 0 aromatic carbocycles. The summed E-state index contributed by atoms with van der Waals surface area (Å²) in [6, 6.07) is 0. The van der Waals surface area contributed by atoms with Crippen LogP contribution in [0, 0.1) is 0 Å². The maximum atomic E-state index is 8.99. The summed E-state index contributed by atoms with van der Waals surface area (Å²) in [4.78, 5) is 0. The first-order chi connectivity index (χ1) is 1.91. The fourth-order valence-corrected chi connectivity index (χ4v) is 0. The smallest absolute Gasteiger partial charge is 0.154 e. The molecule has 0 bridgehead atoms. The van der Waals surface area contributed by atoms with Crippen molar-refractivity contribution in [2.75, 3.05) is 0 Å². The van der Waals surface area contributed by atoms with E-state index < -0.39 is 0 Å². The predicted molar refractivity (Wildman–Crippen MR) is 15.7 cm³/mol. The zero-order chi connectivity index (χ0) is 3.41. The summed E-state index contributed by atoms with van der Waals surface area (Å²) < 4.78 is 0. The van der Waals surface area contributed by atoms with Crippen LogP contribution in [0.2, 0.25) is 0 Å². The van der Waals surface area contributed by atoms with Crippen LogP contribution >= 0.6 is 11.6 Å². The monoisotopic (exact) mass is 77.0 g/mol. The minimum absolute atomic E-state index is 0.515. The van der Waals surface area contributed by atoms with Crippen LogP contribution in [-0.4, -0.2) is 0 Å². The standard InChI is InChI=1S/C2H2ClO/c3-1-2-4/h1-2H. The number of rotatable bonds is 0. The molecule has 0 aliphatic heterocycles. The second kappa shape index (κ2) is 2.83. The van der Waals surface area contributed by atoms with E-state index in [1.54, 1.807) is 0 Å². The largest absolute Gasteiger partial charge is 0.298 e. The Hall–Kier alpha value is -0.170. The molecule has 0 aromatic rings. The fourth-order valence-electron chi connectivity index (χ4n) is 0. The van der Waals surface area contributed by atoms with Crippen molar-refractivity contribution < 1.29 is 5.11 Å². The maximum absolute atomic E-state index is 8.99. The minimum Gasteiger partial charge on any atom is -0.298 e. The van der Waals surface area contributed by atoms with Gasteiger partial charge in [-0.15, -0.1) is 0 Å². The van der Waals surface area contributed by atoms with Crippen LogP contribution in [0.25, 0.3) is 0 Å². The Morgan fingerprint density at radius 3 is 2.00 bits per heavy atom. The highest BCUT2D eigenvalue weighted by atomic mass is 35.5. The van der Waals surface area contributed by atoms with Crippen LogP contribution in [0.1, 0.15) is 0 Å². The van der Waals surface area contributed by atoms with Crippen molar-refractivity contribution in [1.82, 2.24) is 0 Å². The first-order valence-electron chi connectivity index (χ1n) is 0.787. The molecule has 0 saturated carbocycles. The van der Waals surface area contributed by atoms with Gasteiger partial charge in [0.1, 0.15) is 0 Å². The van der Waals surface area contributed by atoms with Gasteiger partial charge in [0, 0.05) is 5.54 Å². The zero-order valence-corrected chi connectivity index (χ0v) is 2.70. The molecule has 4 heavy (non-hydrogen) atoms. The van der Waals surface area contributed by atoms with Crippen molar-refractivity contribution >= 4 is 11.6 Å². The molecule has 0 rings (SSSR count). The van der Waals surface area contributed by atoms with Crippen molar-refractivity contribution in [1.29, 1.82) is 0 Å². The lowest BCUT2D eigenvalue weighted by atomic mass is 11.2. The minimum atomic E-state index is 0.515. The van der Waals surface area contributed by atoms with Gasteiger partial charge in [0.05, 0.1) is 0 Å². The van der Waals surface area contributed by atoms with Crippen LogP contribution in [0.4, 0.5) is 0 Å². The topological polar surface area (TPSA) is 19.9 Å². The average Bonchev–Trinajstić information content (AvgIpc) is 1.37. The summed E-state index contributed by atoms with van der Waals surface area (Å²) in [6.07, 6.45) is 0.515. The van der Waals surface area contributed by atoms with Crippen molar-refractivity contribution in [2.24, 2.45) is 0 Å². The van der Waals surface area contributed by atoms with Crippen molar-refractivity contribution in [3.8, 4) is 0 Å². The molecular weight excluding hydrogens is 75.5 g/mol. The first kappa shape index (κ1) is 3.83. The van der Waals surface area contributed by atoms with E-state index in [1.165, 1.54) is 0 Å². The van der Waals surface area contributed by atoms with E-state index in [4.69, 9.17) is 16.7 Å². The molecule has 0 fully saturated rings. The highest BCUT2D eigenvalue weighted by Crippen LogP contribution is 1.68. The number of halogens is 1. The molecule has 2 heteroatoms. The fraction of sp³-hybridized carbons (Fsp3) is 0. The summed E-state index contributed by atoms with van der Waals surface area (Å²) in [7, 11) is 0. The van der Waals surface area contributed by atoms with Crippen molar-refractivity contribution in [2.45, 2.75) is 0 Å². The summed E-state index contributed by atoms with van der Waals surface area (Å²) in [5, 5.41) is 8.99. The van der Waals surface area contributed by atoms with Crippen LogP contribution in [0.3, 0.4) is 0 Å². The van der Waals surface area contributed by atoms with Gasteiger partial charge < -0.3 is 0 Å². The summed E-state index contributed by atoms with van der Waals surface area (Å²) >= 11 is 4.69. The van der Waals surface area contributed by atoms with E-state index in [1.807, 2.05) is 0 Å². The lowest BCUT2D eigenvalue weighted by Crippen LogP contribution is -1.27. The molecule has 0 aliphatic carbocycles. The highest BCUT2D eigenvalue weighted by Gasteiger charge is 1.43. The van der Waals surface area contributed by atoms with Crippen molar-refractivity contribution in [3.63, 3.8) is 0 Å². The second-order valence-electron chi connectivity index (χ2n) is 0.262. The van der Waals surface area contributed by atoms with Gasteiger partial charge in [-0.25, -0.2) is 0 Å². The van der Waals surface area contributed by atoms with Gasteiger partial charge in [-0.3, -0.25) is 5.11 Å². The molecule has 0 unspecified atom stereocenters. The van der Waals surface area contributed by atoms with Gasteiger partial charge in [0.25, 0.3) is 0 Å². The molecule has 0 saturated heterocycles. The maximum Gasteiger partial charge on any atom is 0.154 e. The number of hydrogen-bond acceptors (Lipinski definition) is 0. The van der Waals surface area contributed by atoms with Gasteiger partial charge in [-0.1, -0.05) is 11.6 Å². The SMILES string of the molecule is [O]C=CCl. The quantitative estimate of drug-likeness (QED) is 0.386. The van der Waals surface area contributed by atoms with Crippen LogP contribution in [0.15, 0.2) is 11.8 Å². The molecule has 0 N–H and O–H groups in total. The van der Waals surface area contributed by atoms with E-state index in [-0.39, 0.29) is 0 Å². The molecule has 0 heterocycles. The number of hydrogen-bond donors (Lipinski definition) is 0. The van der Waals surface area contributed by atoms with E-state index in [2.05, 4.69) is 0 Å². The lowest BCUT2D eigenvalue weighted by molar-refractivity contribution is 0.352. The van der Waals surface area contributed by atoms with Crippen LogP contribution in [0.5, 0.6) is 0 Å². The van der Waals surface area contributed by atoms with Crippen LogP contribution in [-0.2, 0) is 5.11 Å². The molecule has 0 amide bonds. The third-order valence-electron chi connectivity index (χ3n) is 0.0514. The Balaban J connectivity index is 2.55. The summed E-state index contributed by atoms with van der Waals surface area (Å²) in [5.41, 5.74) is 0.917. The van der Waals surface area contributed by atoms with Gasteiger partial charge in [-0.2, -0.15) is 0 Å². The van der Waals surface area contributed by atoms with Gasteiger partial charge in [0.2, 0.25) is 0 Å². The Morgan fingerprint density at radius 1 is 1.75 bits per heavy atom. The Bertz CT molecular complexity index is 21.2. The van der Waals surface area contributed by atoms with Gasteiger partial charge >= 0.3 is 0 Å². The third kappa shape index (κ3) is 1.83. The lowest BCUT2D eigenvalue weighted by Gasteiger charge is -1.43. The molecule has 1 nitrogen and oxygen atoms in total. The molecule has 0 spiro atoms. The highest BCUT2D eigenvalue weighted by molar-refractivity contribution is 6.25. The Morgan fingerprint density at radius 2 is 2.00 bits per heavy atom. The Labute approximate surface area is 29.5 Å². The first-order valence-corrected chi connectivity index (χ1v) is 1.22. The molecule has 0 aromatic heterocycles. The predicted octanol–water partition coefficient (Wildman–Crippen LogP) is 1.13. The third-order valence-corrected chi connectivity index (χ3v) is 0.154. The zero-order valence-electron chi connectivity index (χ0n) is 1.94. The molecular formula is C2H2ClO. The molecule has 0 atom stereocenters. The summed E-state index contributed by atoms with van der Waals surface area (Å²) in [6.45, 7) is 0. The van der Waals surface area contributed by atoms with Crippen molar-refractivity contribution in [3.05, 3.63) is 11.8 Å². The molecule has 23 valence electrons.